The fourth-order valence-electron chi connectivity index (χ4n) is 7.19. The number of carbonyl (C=O) groups excluding carboxylic acids is 2. The number of amides is 2. The molecule has 7 heteroatoms. The second kappa shape index (κ2) is 7.42. The van der Waals surface area contributed by atoms with Gasteiger partial charge in [-0.05, 0) is 56.6 Å². The first-order valence-electron chi connectivity index (χ1n) is 12.5. The Bertz CT molecular complexity index is 1250. The van der Waals surface area contributed by atoms with E-state index in [1.54, 1.807) is 24.3 Å². The normalized spacial score (nSPS) is 31.9. The highest BCUT2D eigenvalue weighted by molar-refractivity contribution is 6.21. The summed E-state index contributed by atoms with van der Waals surface area (Å²) in [6, 6.07) is 11.5. The smallest absolute Gasteiger partial charge is 0.261 e. The van der Waals surface area contributed by atoms with Gasteiger partial charge in [-0.1, -0.05) is 30.4 Å². The van der Waals surface area contributed by atoms with Gasteiger partial charge in [0.05, 0.1) is 17.7 Å². The van der Waals surface area contributed by atoms with Crippen LogP contribution in [0.5, 0.6) is 11.5 Å². The molecule has 0 unspecified atom stereocenters. The summed E-state index contributed by atoms with van der Waals surface area (Å²) in [5.41, 5.74) is 3.23. The van der Waals surface area contributed by atoms with Crippen LogP contribution in [-0.2, 0) is 11.8 Å². The van der Waals surface area contributed by atoms with Gasteiger partial charge < -0.3 is 19.5 Å². The molecule has 2 aromatic carbocycles. The summed E-state index contributed by atoms with van der Waals surface area (Å²) >= 11 is 0. The van der Waals surface area contributed by atoms with Gasteiger partial charge in [0, 0.05) is 29.5 Å². The number of piperidine rings is 1. The molecule has 2 amide bonds. The number of hydrogen-bond donors (Lipinski definition) is 1. The average Bonchev–Trinajstić information content (AvgIpc) is 3.34. The van der Waals surface area contributed by atoms with Gasteiger partial charge in [-0.2, -0.15) is 0 Å². The summed E-state index contributed by atoms with van der Waals surface area (Å²) in [7, 11) is 2.19. The zero-order valence-corrected chi connectivity index (χ0v) is 19.6. The third-order valence-corrected chi connectivity index (χ3v) is 8.80. The molecule has 1 N–H and O–H groups in total. The van der Waals surface area contributed by atoms with Gasteiger partial charge in [-0.15, -0.1) is 0 Å². The minimum absolute atomic E-state index is 0.214. The third kappa shape index (κ3) is 2.74. The van der Waals surface area contributed by atoms with Crippen LogP contribution in [0.1, 0.15) is 44.7 Å². The van der Waals surface area contributed by atoms with E-state index in [-0.39, 0.29) is 23.3 Å². The quantitative estimate of drug-likeness (QED) is 0.409. The third-order valence-electron chi connectivity index (χ3n) is 8.80. The van der Waals surface area contributed by atoms with Crippen LogP contribution in [0.2, 0.25) is 0 Å². The minimum Gasteiger partial charge on any atom is -0.490 e. The Kier molecular flexibility index (Phi) is 4.48. The van der Waals surface area contributed by atoms with Crippen molar-refractivity contribution < 1.29 is 24.2 Å². The molecular formula is C28H28N2O5. The molecule has 5 aliphatic rings. The Hall–Kier alpha value is -3.16. The van der Waals surface area contributed by atoms with E-state index in [4.69, 9.17) is 9.47 Å². The molecule has 0 aromatic heterocycles. The molecule has 0 saturated carbocycles. The lowest BCUT2D eigenvalue weighted by atomic mass is 9.53. The fourth-order valence-corrected chi connectivity index (χ4v) is 7.19. The van der Waals surface area contributed by atoms with Crippen molar-refractivity contribution in [3.05, 3.63) is 70.8 Å². The largest absolute Gasteiger partial charge is 0.490 e. The molecule has 2 aliphatic carbocycles. The van der Waals surface area contributed by atoms with E-state index in [9.17, 15) is 14.7 Å². The van der Waals surface area contributed by atoms with Gasteiger partial charge in [0.15, 0.2) is 11.5 Å². The number of carbonyl (C=O) groups is 2. The topological polar surface area (TPSA) is 79.3 Å². The Balaban J connectivity index is 1.12. The SMILES string of the molecule is CN1CC[C@]23c4c5ccc(OCCCN6C(=O)c7ccccc7C6=O)c4O[C@@H]2[C@H](O)C=C[C@H]3[C@H]1C5. The van der Waals surface area contributed by atoms with Gasteiger partial charge in [0.2, 0.25) is 0 Å². The molecule has 7 nitrogen and oxygen atoms in total. The van der Waals surface area contributed by atoms with Gasteiger partial charge >= 0.3 is 0 Å². The zero-order valence-electron chi connectivity index (χ0n) is 19.6. The Morgan fingerprint density at radius 3 is 2.66 bits per heavy atom. The van der Waals surface area contributed by atoms with E-state index in [1.165, 1.54) is 16.0 Å². The van der Waals surface area contributed by atoms with Crippen LogP contribution in [0.15, 0.2) is 48.6 Å². The van der Waals surface area contributed by atoms with Crippen LogP contribution < -0.4 is 9.47 Å². The zero-order chi connectivity index (χ0) is 23.9. The molecule has 1 saturated heterocycles. The van der Waals surface area contributed by atoms with Crippen molar-refractivity contribution >= 4 is 11.8 Å². The summed E-state index contributed by atoms with van der Waals surface area (Å²) in [4.78, 5) is 29.0. The van der Waals surface area contributed by atoms with Crippen molar-refractivity contribution in [3.8, 4) is 11.5 Å². The van der Waals surface area contributed by atoms with E-state index in [0.717, 1.165) is 25.1 Å². The Morgan fingerprint density at radius 2 is 1.89 bits per heavy atom. The van der Waals surface area contributed by atoms with Gasteiger partial charge in [-0.25, -0.2) is 0 Å². The number of hydrogen-bond acceptors (Lipinski definition) is 6. The van der Waals surface area contributed by atoms with Crippen LogP contribution >= 0.6 is 0 Å². The number of aliphatic hydroxyl groups excluding tert-OH is 1. The molecule has 2 bridgehead atoms. The molecule has 3 heterocycles. The van der Waals surface area contributed by atoms with E-state index >= 15 is 0 Å². The van der Waals surface area contributed by atoms with Crippen molar-refractivity contribution in [1.29, 1.82) is 0 Å². The number of rotatable bonds is 5. The second-order valence-electron chi connectivity index (χ2n) is 10.4. The van der Waals surface area contributed by atoms with Crippen molar-refractivity contribution in [1.82, 2.24) is 9.80 Å². The Morgan fingerprint density at radius 1 is 1.11 bits per heavy atom. The predicted octanol–water partition coefficient (Wildman–Crippen LogP) is 2.56. The van der Waals surface area contributed by atoms with Gasteiger partial charge in [0.25, 0.3) is 11.8 Å². The number of benzene rings is 2. The van der Waals surface area contributed by atoms with E-state index in [1.807, 2.05) is 12.1 Å². The second-order valence-corrected chi connectivity index (χ2v) is 10.4. The number of likely N-dealkylation sites (tertiary alicyclic amines) is 1. The maximum Gasteiger partial charge on any atom is 0.261 e. The summed E-state index contributed by atoms with van der Waals surface area (Å²) < 4.78 is 12.7. The summed E-state index contributed by atoms with van der Waals surface area (Å²) in [6.07, 6.45) is 5.59. The van der Waals surface area contributed by atoms with Crippen LogP contribution in [0.4, 0.5) is 0 Å². The van der Waals surface area contributed by atoms with E-state index in [0.29, 0.717) is 48.4 Å². The molecule has 7 rings (SSSR count). The van der Waals surface area contributed by atoms with Crippen LogP contribution in [-0.4, -0.2) is 71.7 Å². The summed E-state index contributed by atoms with van der Waals surface area (Å²) in [6.45, 7) is 1.64. The van der Waals surface area contributed by atoms with Crippen molar-refractivity contribution in [2.24, 2.45) is 5.92 Å². The van der Waals surface area contributed by atoms with Crippen LogP contribution in [0.25, 0.3) is 0 Å². The number of likely N-dealkylation sites (N-methyl/N-ethyl adjacent to an activating group) is 1. The van der Waals surface area contributed by atoms with Gasteiger partial charge in [-0.3, -0.25) is 14.5 Å². The van der Waals surface area contributed by atoms with E-state index < -0.39 is 6.10 Å². The van der Waals surface area contributed by atoms with Crippen LogP contribution in [0, 0.1) is 5.92 Å². The number of aliphatic hydroxyl groups is 1. The molecule has 1 spiro atoms. The monoisotopic (exact) mass is 472 g/mol. The summed E-state index contributed by atoms with van der Waals surface area (Å²) in [5.74, 6) is 1.28. The highest BCUT2D eigenvalue weighted by Crippen LogP contribution is 2.62. The minimum atomic E-state index is -0.643. The van der Waals surface area contributed by atoms with Crippen molar-refractivity contribution in [3.63, 3.8) is 0 Å². The first-order valence-corrected chi connectivity index (χ1v) is 12.5. The lowest BCUT2D eigenvalue weighted by Gasteiger charge is -2.56. The molecule has 180 valence electrons. The maximum atomic E-state index is 12.6. The fraction of sp³-hybridized carbons (Fsp3) is 0.429. The highest BCUT2D eigenvalue weighted by atomic mass is 16.5. The van der Waals surface area contributed by atoms with Crippen molar-refractivity contribution in [2.45, 2.75) is 42.9 Å². The van der Waals surface area contributed by atoms with Crippen molar-refractivity contribution in [2.75, 3.05) is 26.7 Å². The molecule has 5 atom stereocenters. The van der Waals surface area contributed by atoms with Gasteiger partial charge in [0.1, 0.15) is 12.2 Å². The number of fused-ring (bicyclic) bond motifs is 1. The molecule has 35 heavy (non-hydrogen) atoms. The number of nitrogens with zero attached hydrogens (tertiary/aromatic N) is 2. The Labute approximate surface area is 203 Å². The number of ether oxygens (including phenoxy) is 2. The molecule has 2 aromatic rings. The standard InChI is InChI=1S/C28H28N2O5/c1-29-13-11-28-19-8-9-21(31)25(28)35-24-22(10-7-16(23(24)28)15-20(19)29)34-14-4-12-30-26(32)17-5-2-3-6-18(17)27(30)33/h2-3,5-10,19-21,25,31H,4,11-15H2,1H3/t19-,20+,21+,25+,28-/m0/s1. The summed E-state index contributed by atoms with van der Waals surface area (Å²) in [5, 5.41) is 10.9. The lowest BCUT2D eigenvalue weighted by Crippen LogP contribution is -2.64. The molecule has 1 fully saturated rings. The maximum absolute atomic E-state index is 12.6. The lowest BCUT2D eigenvalue weighted by molar-refractivity contribution is -0.0454. The number of imide groups is 1. The molecule has 3 aliphatic heterocycles. The first kappa shape index (κ1) is 21.1. The molecule has 0 radical (unpaired) electrons. The molecular weight excluding hydrogens is 444 g/mol. The van der Waals surface area contributed by atoms with E-state index in [2.05, 4.69) is 24.1 Å². The highest BCUT2D eigenvalue weighted by Gasteiger charge is 2.64. The predicted molar refractivity (Wildman–Crippen MR) is 128 cm³/mol. The van der Waals surface area contributed by atoms with Crippen LogP contribution in [0.3, 0.4) is 0 Å². The first-order chi connectivity index (χ1) is 17.0. The average molecular weight is 473 g/mol.